The lowest BCUT2D eigenvalue weighted by atomic mass is 9.41. The van der Waals surface area contributed by atoms with Crippen molar-refractivity contribution in [3.8, 4) is 0 Å². The molecule has 0 radical (unpaired) electrons. The van der Waals surface area contributed by atoms with E-state index in [1.165, 1.54) is 32.8 Å². The first kappa shape index (κ1) is 25.7. The first-order chi connectivity index (χ1) is 15.8. The van der Waals surface area contributed by atoms with Crippen LogP contribution in [0.2, 0.25) is 0 Å². The molecule has 34 heavy (non-hydrogen) atoms. The van der Waals surface area contributed by atoms with Crippen LogP contribution in [0.25, 0.3) is 0 Å². The van der Waals surface area contributed by atoms with E-state index < -0.39 is 0 Å². The predicted molar refractivity (Wildman–Crippen MR) is 138 cm³/mol. The molecular weight excluding hydrogens is 420 g/mol. The molecule has 4 rings (SSSR count). The molecule has 0 aromatic heterocycles. The van der Waals surface area contributed by atoms with Crippen molar-refractivity contribution in [3.05, 3.63) is 23.3 Å². The van der Waals surface area contributed by atoms with Crippen LogP contribution in [0.1, 0.15) is 106 Å². The van der Waals surface area contributed by atoms with E-state index in [1.807, 2.05) is 6.92 Å². The summed E-state index contributed by atoms with van der Waals surface area (Å²) in [4.78, 5) is 24.5. The second-order valence-electron chi connectivity index (χ2n) is 13.5. The summed E-state index contributed by atoms with van der Waals surface area (Å²) in [7, 11) is 1.45. The van der Waals surface area contributed by atoms with Gasteiger partial charge in [0.1, 0.15) is 5.78 Å². The van der Waals surface area contributed by atoms with Crippen molar-refractivity contribution in [1.29, 1.82) is 0 Å². The molecule has 4 aliphatic rings. The molecule has 0 aromatic carbocycles. The van der Waals surface area contributed by atoms with Crippen LogP contribution in [0, 0.1) is 45.3 Å². The van der Waals surface area contributed by atoms with Crippen molar-refractivity contribution in [2.45, 2.75) is 106 Å². The SMILES string of the molecule is COC(=O)/C(C)=C/CC[C@H](C)[C@@H]1CC[C@]2(C)C3=CCC4C(C)(C)C(=O)CC[C@]4(C)[C@H]3CC[C@@]12C. The summed E-state index contributed by atoms with van der Waals surface area (Å²) < 4.78 is 4.85. The van der Waals surface area contributed by atoms with Crippen LogP contribution in [-0.2, 0) is 14.3 Å². The summed E-state index contributed by atoms with van der Waals surface area (Å²) in [6, 6.07) is 0. The molecule has 0 amide bonds. The average molecular weight is 469 g/mol. The summed E-state index contributed by atoms with van der Waals surface area (Å²) in [5, 5.41) is 0. The molecule has 1 unspecified atom stereocenters. The summed E-state index contributed by atoms with van der Waals surface area (Å²) >= 11 is 0. The van der Waals surface area contributed by atoms with Gasteiger partial charge in [-0.15, -0.1) is 0 Å². The van der Waals surface area contributed by atoms with E-state index in [1.54, 1.807) is 5.57 Å². The Bertz CT molecular complexity index is 910. The van der Waals surface area contributed by atoms with E-state index in [4.69, 9.17) is 4.74 Å². The lowest BCUT2D eigenvalue weighted by Crippen LogP contribution is -2.57. The number of carbonyl (C=O) groups is 2. The van der Waals surface area contributed by atoms with E-state index in [0.717, 1.165) is 43.6 Å². The monoisotopic (exact) mass is 468 g/mol. The maximum Gasteiger partial charge on any atom is 0.333 e. The van der Waals surface area contributed by atoms with Crippen LogP contribution in [0.4, 0.5) is 0 Å². The summed E-state index contributed by atoms with van der Waals surface area (Å²) in [6.45, 7) is 16.4. The normalized spacial score (nSPS) is 42.2. The molecule has 0 saturated heterocycles. The minimum absolute atomic E-state index is 0.195. The highest BCUT2D eigenvalue weighted by Gasteiger charge is 2.65. The minimum Gasteiger partial charge on any atom is -0.466 e. The summed E-state index contributed by atoms with van der Waals surface area (Å²) in [5.74, 6) is 2.74. The van der Waals surface area contributed by atoms with E-state index in [9.17, 15) is 9.59 Å². The zero-order valence-electron chi connectivity index (χ0n) is 23.1. The lowest BCUT2D eigenvalue weighted by molar-refractivity contribution is -0.146. The maximum atomic E-state index is 12.8. The Morgan fingerprint density at radius 3 is 2.53 bits per heavy atom. The first-order valence-electron chi connectivity index (χ1n) is 13.8. The van der Waals surface area contributed by atoms with Crippen LogP contribution in [0.15, 0.2) is 23.3 Å². The van der Waals surface area contributed by atoms with Gasteiger partial charge < -0.3 is 4.74 Å². The molecule has 4 aliphatic carbocycles. The van der Waals surface area contributed by atoms with Gasteiger partial charge in [0.25, 0.3) is 0 Å². The molecule has 3 heteroatoms. The molecular formula is C31H48O3. The molecule has 7 atom stereocenters. The Morgan fingerprint density at radius 1 is 1.15 bits per heavy atom. The topological polar surface area (TPSA) is 43.4 Å². The third-order valence-corrected chi connectivity index (χ3v) is 11.9. The quantitative estimate of drug-likeness (QED) is 0.236. The smallest absolute Gasteiger partial charge is 0.333 e. The van der Waals surface area contributed by atoms with Crippen molar-refractivity contribution in [1.82, 2.24) is 0 Å². The number of ether oxygens (including phenoxy) is 1. The van der Waals surface area contributed by atoms with Crippen LogP contribution in [0.3, 0.4) is 0 Å². The number of fused-ring (bicyclic) bond motifs is 5. The van der Waals surface area contributed by atoms with Crippen LogP contribution in [-0.4, -0.2) is 18.9 Å². The van der Waals surface area contributed by atoms with Gasteiger partial charge in [-0.1, -0.05) is 59.3 Å². The van der Waals surface area contributed by atoms with Gasteiger partial charge in [0.2, 0.25) is 0 Å². The van der Waals surface area contributed by atoms with Gasteiger partial charge in [0.15, 0.2) is 0 Å². The standard InChI is InChI=1S/C31H48O3/c1-20(10-9-11-21(2)27(33)34-8)22-14-18-31(7)24-12-13-25-28(3,4)26(32)16-17-29(25,5)23(24)15-19-30(22,31)6/h11-12,20,22-23,25H,9-10,13-19H2,1-8H3/b21-11+/t20-,22-,23-,25?,29+,30-,31+/m0/s1. The van der Waals surface area contributed by atoms with Gasteiger partial charge in [-0.25, -0.2) is 4.79 Å². The number of hydrogen-bond donors (Lipinski definition) is 0. The van der Waals surface area contributed by atoms with Gasteiger partial charge in [-0.3, -0.25) is 4.79 Å². The van der Waals surface area contributed by atoms with Gasteiger partial charge >= 0.3 is 5.97 Å². The number of carbonyl (C=O) groups excluding carboxylic acids is 2. The third kappa shape index (κ3) is 3.58. The maximum absolute atomic E-state index is 12.8. The van der Waals surface area contributed by atoms with E-state index >= 15 is 0 Å². The molecule has 190 valence electrons. The molecule has 0 aromatic rings. The largest absolute Gasteiger partial charge is 0.466 e. The number of ketones is 1. The Hall–Kier alpha value is -1.38. The number of allylic oxidation sites excluding steroid dienone is 3. The molecule has 0 spiro atoms. The number of methoxy groups -OCH3 is 1. The van der Waals surface area contributed by atoms with Gasteiger partial charge in [0.05, 0.1) is 7.11 Å². The second kappa shape index (κ2) is 8.63. The van der Waals surface area contributed by atoms with Crippen molar-refractivity contribution in [2.24, 2.45) is 45.3 Å². The molecule has 0 aliphatic heterocycles. The zero-order valence-corrected chi connectivity index (χ0v) is 23.1. The molecule has 3 nitrogen and oxygen atoms in total. The Balaban J connectivity index is 1.56. The minimum atomic E-state index is -0.213. The predicted octanol–water partition coefficient (Wildman–Crippen LogP) is 7.70. The number of Topliss-reactive ketones (excluding diaryl/α,β-unsaturated/α-hetero) is 1. The van der Waals surface area contributed by atoms with E-state index in [2.05, 4.69) is 53.7 Å². The second-order valence-corrected chi connectivity index (χ2v) is 13.5. The number of rotatable bonds is 5. The Labute approximate surface area is 208 Å². The molecule has 0 heterocycles. The van der Waals surface area contributed by atoms with Crippen LogP contribution in [0.5, 0.6) is 0 Å². The fourth-order valence-corrected chi connectivity index (χ4v) is 9.47. The fraction of sp³-hybridized carbons (Fsp3) is 0.806. The van der Waals surface area contributed by atoms with Gasteiger partial charge in [-0.05, 0) is 98.2 Å². The van der Waals surface area contributed by atoms with Crippen molar-refractivity contribution in [3.63, 3.8) is 0 Å². The Morgan fingerprint density at radius 2 is 1.85 bits per heavy atom. The first-order valence-corrected chi connectivity index (χ1v) is 13.8. The number of esters is 1. The number of hydrogen-bond acceptors (Lipinski definition) is 3. The van der Waals surface area contributed by atoms with Crippen molar-refractivity contribution >= 4 is 11.8 Å². The van der Waals surface area contributed by atoms with Gasteiger partial charge in [-0.2, -0.15) is 0 Å². The van der Waals surface area contributed by atoms with Crippen LogP contribution >= 0.6 is 0 Å². The molecule has 0 bridgehead atoms. The van der Waals surface area contributed by atoms with Crippen LogP contribution < -0.4 is 0 Å². The Kier molecular flexibility index (Phi) is 6.52. The molecule has 0 N–H and O–H groups in total. The fourth-order valence-electron chi connectivity index (χ4n) is 9.47. The summed E-state index contributed by atoms with van der Waals surface area (Å²) in [5.41, 5.74) is 3.14. The lowest BCUT2D eigenvalue weighted by Gasteiger charge is -2.63. The van der Waals surface area contributed by atoms with Gasteiger partial charge in [0, 0.05) is 17.4 Å². The van der Waals surface area contributed by atoms with E-state index in [0.29, 0.717) is 29.0 Å². The zero-order chi connectivity index (χ0) is 25.1. The highest BCUT2D eigenvalue weighted by molar-refractivity contribution is 5.87. The highest BCUT2D eigenvalue weighted by atomic mass is 16.5. The molecule has 3 fully saturated rings. The molecule has 3 saturated carbocycles. The van der Waals surface area contributed by atoms with E-state index in [-0.39, 0.29) is 22.2 Å². The summed E-state index contributed by atoms with van der Waals surface area (Å²) in [6.07, 6.45) is 14.8. The van der Waals surface area contributed by atoms with Crippen molar-refractivity contribution < 1.29 is 14.3 Å². The average Bonchev–Trinajstić information content (AvgIpc) is 3.07. The third-order valence-electron chi connectivity index (χ3n) is 11.9. The van der Waals surface area contributed by atoms with Crippen molar-refractivity contribution in [2.75, 3.05) is 7.11 Å². The highest BCUT2D eigenvalue weighted by Crippen LogP contribution is 2.73.